The first-order valence-corrected chi connectivity index (χ1v) is 6.98. The number of benzene rings is 1. The minimum absolute atomic E-state index is 0.892. The molecule has 1 aromatic heterocycles. The minimum Gasteiger partial charge on any atom is -0.497 e. The molecule has 2 aromatic rings. The van der Waals surface area contributed by atoms with E-state index >= 15 is 0 Å². The zero-order chi connectivity index (χ0) is 13.2. The Hall–Kier alpha value is -1.77. The minimum atomic E-state index is 0.892. The number of rotatable bonds is 2. The van der Waals surface area contributed by atoms with E-state index in [1.807, 2.05) is 6.07 Å². The highest BCUT2D eigenvalue weighted by Crippen LogP contribution is 2.27. The fourth-order valence-corrected chi connectivity index (χ4v) is 2.77. The fourth-order valence-electron chi connectivity index (χ4n) is 2.77. The molecule has 0 unspecified atom stereocenters. The SMILES string of the molecule is COc1ccc2nc(N3CCCCC3)cc(C)c2c1. The van der Waals surface area contributed by atoms with Crippen LogP contribution in [-0.2, 0) is 0 Å². The number of aromatic nitrogens is 1. The van der Waals surface area contributed by atoms with E-state index in [2.05, 4.69) is 30.0 Å². The molecule has 0 N–H and O–H groups in total. The number of anilines is 1. The summed E-state index contributed by atoms with van der Waals surface area (Å²) in [5, 5.41) is 1.18. The first kappa shape index (κ1) is 12.3. The third-order valence-corrected chi connectivity index (χ3v) is 3.89. The van der Waals surface area contributed by atoms with Gasteiger partial charge in [0.15, 0.2) is 0 Å². The van der Waals surface area contributed by atoms with Crippen molar-refractivity contribution in [1.82, 2.24) is 4.98 Å². The van der Waals surface area contributed by atoms with Crippen LogP contribution in [0.3, 0.4) is 0 Å². The van der Waals surface area contributed by atoms with E-state index in [0.29, 0.717) is 0 Å². The standard InChI is InChI=1S/C16H20N2O/c1-12-10-16(18-8-4-3-5-9-18)17-15-7-6-13(19-2)11-14(12)15/h6-7,10-11H,3-5,8-9H2,1-2H3. The summed E-state index contributed by atoms with van der Waals surface area (Å²) in [5.74, 6) is 2.01. The number of aryl methyl sites for hydroxylation is 1. The summed E-state index contributed by atoms with van der Waals surface area (Å²) in [6.45, 7) is 4.42. The van der Waals surface area contributed by atoms with Gasteiger partial charge in [0.05, 0.1) is 12.6 Å². The number of hydrogen-bond donors (Lipinski definition) is 0. The summed E-state index contributed by atoms with van der Waals surface area (Å²) >= 11 is 0. The molecule has 100 valence electrons. The van der Waals surface area contributed by atoms with E-state index < -0.39 is 0 Å². The molecule has 19 heavy (non-hydrogen) atoms. The zero-order valence-corrected chi connectivity index (χ0v) is 11.6. The number of ether oxygens (including phenoxy) is 1. The Bertz CT molecular complexity index is 589. The molecule has 3 rings (SSSR count). The predicted molar refractivity (Wildman–Crippen MR) is 79.1 cm³/mol. The van der Waals surface area contributed by atoms with Crippen molar-refractivity contribution in [3.8, 4) is 5.75 Å². The summed E-state index contributed by atoms with van der Waals surface area (Å²) in [5.41, 5.74) is 2.32. The van der Waals surface area contributed by atoms with Crippen molar-refractivity contribution in [2.24, 2.45) is 0 Å². The van der Waals surface area contributed by atoms with Crippen LogP contribution in [0.4, 0.5) is 5.82 Å². The molecular formula is C16H20N2O. The van der Waals surface area contributed by atoms with Gasteiger partial charge in [-0.1, -0.05) is 0 Å². The van der Waals surface area contributed by atoms with Gasteiger partial charge in [-0.25, -0.2) is 4.98 Å². The van der Waals surface area contributed by atoms with Crippen LogP contribution < -0.4 is 9.64 Å². The van der Waals surface area contributed by atoms with Crippen molar-refractivity contribution < 1.29 is 4.74 Å². The van der Waals surface area contributed by atoms with Crippen LogP contribution in [-0.4, -0.2) is 25.2 Å². The third-order valence-electron chi connectivity index (χ3n) is 3.89. The van der Waals surface area contributed by atoms with Gasteiger partial charge in [0.1, 0.15) is 11.6 Å². The molecule has 1 aliphatic heterocycles. The second-order valence-corrected chi connectivity index (χ2v) is 5.23. The zero-order valence-electron chi connectivity index (χ0n) is 11.6. The van der Waals surface area contributed by atoms with Crippen molar-refractivity contribution in [2.45, 2.75) is 26.2 Å². The van der Waals surface area contributed by atoms with Crippen LogP contribution in [0.15, 0.2) is 24.3 Å². The average Bonchev–Trinajstić information content (AvgIpc) is 2.48. The van der Waals surface area contributed by atoms with Gasteiger partial charge in [-0.05, 0) is 56.0 Å². The van der Waals surface area contributed by atoms with Gasteiger partial charge >= 0.3 is 0 Å². The molecule has 2 heterocycles. The highest BCUT2D eigenvalue weighted by Gasteiger charge is 2.13. The molecular weight excluding hydrogens is 236 g/mol. The Labute approximate surface area is 114 Å². The number of methoxy groups -OCH3 is 1. The van der Waals surface area contributed by atoms with Gasteiger partial charge in [0.25, 0.3) is 0 Å². The monoisotopic (exact) mass is 256 g/mol. The second kappa shape index (κ2) is 5.08. The topological polar surface area (TPSA) is 25.4 Å². The first-order valence-electron chi connectivity index (χ1n) is 6.98. The fraction of sp³-hybridized carbons (Fsp3) is 0.438. The summed E-state index contributed by atoms with van der Waals surface area (Å²) in [6, 6.07) is 8.30. The smallest absolute Gasteiger partial charge is 0.129 e. The van der Waals surface area contributed by atoms with Crippen LogP contribution in [0.2, 0.25) is 0 Å². The second-order valence-electron chi connectivity index (χ2n) is 5.23. The number of pyridine rings is 1. The Balaban J connectivity index is 2.03. The molecule has 0 atom stereocenters. The molecule has 0 saturated carbocycles. The van der Waals surface area contributed by atoms with Crippen LogP contribution in [0.1, 0.15) is 24.8 Å². The van der Waals surface area contributed by atoms with Crippen molar-refractivity contribution in [1.29, 1.82) is 0 Å². The third kappa shape index (κ3) is 2.37. The molecule has 0 radical (unpaired) electrons. The summed E-state index contributed by atoms with van der Waals surface area (Å²) in [6.07, 6.45) is 3.91. The van der Waals surface area contributed by atoms with Gasteiger partial charge in [-0.2, -0.15) is 0 Å². The Kier molecular flexibility index (Phi) is 3.28. The van der Waals surface area contributed by atoms with E-state index in [9.17, 15) is 0 Å². The Morgan fingerprint density at radius 3 is 2.63 bits per heavy atom. The van der Waals surface area contributed by atoms with E-state index in [4.69, 9.17) is 9.72 Å². The van der Waals surface area contributed by atoms with Gasteiger partial charge in [-0.3, -0.25) is 0 Å². The molecule has 3 nitrogen and oxygen atoms in total. The maximum absolute atomic E-state index is 5.29. The lowest BCUT2D eigenvalue weighted by Gasteiger charge is -2.28. The van der Waals surface area contributed by atoms with Crippen LogP contribution in [0, 0.1) is 6.92 Å². The molecule has 1 fully saturated rings. The highest BCUT2D eigenvalue weighted by atomic mass is 16.5. The molecule has 1 aromatic carbocycles. The number of fused-ring (bicyclic) bond motifs is 1. The van der Waals surface area contributed by atoms with Crippen LogP contribution >= 0.6 is 0 Å². The molecule has 0 aliphatic carbocycles. The van der Waals surface area contributed by atoms with Gasteiger partial charge in [0.2, 0.25) is 0 Å². The van der Waals surface area contributed by atoms with Gasteiger partial charge < -0.3 is 9.64 Å². The lowest BCUT2D eigenvalue weighted by atomic mass is 10.1. The predicted octanol–water partition coefficient (Wildman–Crippen LogP) is 3.54. The molecule has 0 spiro atoms. The van der Waals surface area contributed by atoms with E-state index in [0.717, 1.165) is 30.2 Å². The largest absolute Gasteiger partial charge is 0.497 e. The number of piperidine rings is 1. The number of hydrogen-bond acceptors (Lipinski definition) is 3. The molecule has 3 heteroatoms. The van der Waals surface area contributed by atoms with E-state index in [-0.39, 0.29) is 0 Å². The summed E-state index contributed by atoms with van der Waals surface area (Å²) in [7, 11) is 1.70. The summed E-state index contributed by atoms with van der Waals surface area (Å²) < 4.78 is 5.29. The van der Waals surface area contributed by atoms with Crippen LogP contribution in [0.5, 0.6) is 5.75 Å². The molecule has 0 bridgehead atoms. The molecule has 1 saturated heterocycles. The number of nitrogens with zero attached hydrogens (tertiary/aromatic N) is 2. The lowest BCUT2D eigenvalue weighted by Crippen LogP contribution is -2.30. The van der Waals surface area contributed by atoms with Gasteiger partial charge in [-0.15, -0.1) is 0 Å². The quantitative estimate of drug-likeness (QED) is 0.821. The van der Waals surface area contributed by atoms with Gasteiger partial charge in [0, 0.05) is 18.5 Å². The summed E-state index contributed by atoms with van der Waals surface area (Å²) in [4.78, 5) is 7.21. The van der Waals surface area contributed by atoms with Crippen molar-refractivity contribution in [3.63, 3.8) is 0 Å². The molecule has 1 aliphatic rings. The van der Waals surface area contributed by atoms with Crippen molar-refractivity contribution in [3.05, 3.63) is 29.8 Å². The van der Waals surface area contributed by atoms with Crippen LogP contribution in [0.25, 0.3) is 10.9 Å². The van der Waals surface area contributed by atoms with E-state index in [1.165, 1.54) is 30.2 Å². The lowest BCUT2D eigenvalue weighted by molar-refractivity contribution is 0.415. The maximum Gasteiger partial charge on any atom is 0.129 e. The maximum atomic E-state index is 5.29. The van der Waals surface area contributed by atoms with Crippen molar-refractivity contribution in [2.75, 3.05) is 25.1 Å². The Morgan fingerprint density at radius 2 is 1.89 bits per heavy atom. The van der Waals surface area contributed by atoms with Crippen molar-refractivity contribution >= 4 is 16.7 Å². The first-order chi connectivity index (χ1) is 9.28. The van der Waals surface area contributed by atoms with E-state index in [1.54, 1.807) is 7.11 Å². The average molecular weight is 256 g/mol. The molecule has 0 amide bonds. The normalized spacial score (nSPS) is 15.8. The Morgan fingerprint density at radius 1 is 1.11 bits per heavy atom. The highest BCUT2D eigenvalue weighted by molar-refractivity contribution is 5.85.